The standard InChI is InChI=1S/C26H24N4O2/c1-3-25(31)28-14-12-21(17-28)30-23-11-13-27-16-24(23)29(26(30)32)20-9-6-8-19(15-20)22-10-5-4-7-18(22)2/h3-11,13,15-16,21H,1,12,14,17H2,2H3/t21-/m1/s1. The van der Waals surface area contributed by atoms with Crippen molar-refractivity contribution in [3.8, 4) is 16.8 Å². The number of fused-ring (bicyclic) bond motifs is 1. The van der Waals surface area contributed by atoms with Crippen LogP contribution >= 0.6 is 0 Å². The number of nitrogens with zero attached hydrogens (tertiary/aromatic N) is 4. The summed E-state index contributed by atoms with van der Waals surface area (Å²) in [5.74, 6) is -0.100. The molecule has 0 N–H and O–H groups in total. The molecule has 32 heavy (non-hydrogen) atoms. The Morgan fingerprint density at radius 1 is 1.12 bits per heavy atom. The van der Waals surface area contributed by atoms with E-state index in [0.717, 1.165) is 34.3 Å². The van der Waals surface area contributed by atoms with Crippen LogP contribution in [0, 0.1) is 6.92 Å². The Morgan fingerprint density at radius 2 is 1.97 bits per heavy atom. The molecule has 3 heterocycles. The molecular formula is C26H24N4O2. The second-order valence-corrected chi connectivity index (χ2v) is 8.15. The molecule has 1 atom stereocenters. The summed E-state index contributed by atoms with van der Waals surface area (Å²) < 4.78 is 3.54. The summed E-state index contributed by atoms with van der Waals surface area (Å²) in [6.07, 6.45) is 5.49. The van der Waals surface area contributed by atoms with E-state index in [4.69, 9.17) is 0 Å². The van der Waals surface area contributed by atoms with Crippen LogP contribution in [0.25, 0.3) is 27.8 Å². The lowest BCUT2D eigenvalue weighted by Gasteiger charge is -2.15. The quantitative estimate of drug-likeness (QED) is 0.463. The van der Waals surface area contributed by atoms with Crippen LogP contribution in [0.1, 0.15) is 18.0 Å². The number of rotatable bonds is 4. The van der Waals surface area contributed by atoms with Gasteiger partial charge in [0.15, 0.2) is 0 Å². The lowest BCUT2D eigenvalue weighted by molar-refractivity contribution is -0.125. The Hall–Kier alpha value is -3.93. The lowest BCUT2D eigenvalue weighted by Crippen LogP contribution is -2.31. The highest BCUT2D eigenvalue weighted by atomic mass is 16.2. The number of benzene rings is 2. The molecule has 1 amide bonds. The van der Waals surface area contributed by atoms with Crippen molar-refractivity contribution < 1.29 is 4.79 Å². The van der Waals surface area contributed by atoms with Crippen LogP contribution in [0.3, 0.4) is 0 Å². The van der Waals surface area contributed by atoms with Gasteiger partial charge in [-0.1, -0.05) is 43.0 Å². The van der Waals surface area contributed by atoms with E-state index in [0.29, 0.717) is 13.1 Å². The minimum Gasteiger partial charge on any atom is -0.337 e. The van der Waals surface area contributed by atoms with E-state index < -0.39 is 0 Å². The topological polar surface area (TPSA) is 60.1 Å². The number of aryl methyl sites for hydroxylation is 1. The summed E-state index contributed by atoms with van der Waals surface area (Å²) >= 11 is 0. The molecule has 1 aliphatic heterocycles. The maximum absolute atomic E-state index is 13.7. The van der Waals surface area contributed by atoms with Crippen LogP contribution in [-0.4, -0.2) is 38.0 Å². The van der Waals surface area contributed by atoms with Gasteiger partial charge in [-0.05, 0) is 54.3 Å². The molecule has 0 unspecified atom stereocenters. The van der Waals surface area contributed by atoms with Crippen LogP contribution in [0.15, 0.2) is 84.4 Å². The molecule has 0 aliphatic carbocycles. The molecule has 5 rings (SSSR count). The van der Waals surface area contributed by atoms with Gasteiger partial charge in [-0.2, -0.15) is 0 Å². The van der Waals surface area contributed by atoms with Gasteiger partial charge in [-0.15, -0.1) is 0 Å². The number of amides is 1. The zero-order chi connectivity index (χ0) is 22.2. The molecular weight excluding hydrogens is 400 g/mol. The number of carbonyl (C=O) groups is 1. The van der Waals surface area contributed by atoms with Crippen LogP contribution in [-0.2, 0) is 4.79 Å². The number of likely N-dealkylation sites (tertiary alicyclic amines) is 1. The molecule has 6 nitrogen and oxygen atoms in total. The van der Waals surface area contributed by atoms with E-state index in [1.165, 1.54) is 11.6 Å². The van der Waals surface area contributed by atoms with E-state index in [9.17, 15) is 9.59 Å². The maximum Gasteiger partial charge on any atom is 0.334 e. The average Bonchev–Trinajstić information content (AvgIpc) is 3.41. The molecule has 6 heteroatoms. The number of carbonyl (C=O) groups excluding carboxylic acids is 1. The minimum absolute atomic E-state index is 0.0860. The van der Waals surface area contributed by atoms with E-state index >= 15 is 0 Å². The van der Waals surface area contributed by atoms with Crippen LogP contribution in [0.5, 0.6) is 0 Å². The average molecular weight is 425 g/mol. The Balaban J connectivity index is 1.64. The smallest absolute Gasteiger partial charge is 0.334 e. The summed E-state index contributed by atoms with van der Waals surface area (Å²) in [6, 6.07) is 18.0. The Bertz CT molecular complexity index is 1400. The normalized spacial score (nSPS) is 15.9. The highest BCUT2D eigenvalue weighted by molar-refractivity contribution is 5.87. The van der Waals surface area contributed by atoms with Gasteiger partial charge in [-0.3, -0.25) is 18.9 Å². The lowest BCUT2D eigenvalue weighted by atomic mass is 10.0. The van der Waals surface area contributed by atoms with Gasteiger partial charge in [0.25, 0.3) is 0 Å². The van der Waals surface area contributed by atoms with Crippen molar-refractivity contribution in [3.05, 3.63) is 95.7 Å². The Labute approximate surface area is 186 Å². The second-order valence-electron chi connectivity index (χ2n) is 8.15. The maximum atomic E-state index is 13.7. The molecule has 1 fully saturated rings. The minimum atomic E-state index is -0.118. The molecule has 2 aromatic carbocycles. The molecule has 160 valence electrons. The first-order valence-electron chi connectivity index (χ1n) is 10.7. The highest BCUT2D eigenvalue weighted by Crippen LogP contribution is 2.29. The number of imidazole rings is 1. The summed E-state index contributed by atoms with van der Waals surface area (Å²) in [6.45, 7) is 6.77. The monoisotopic (exact) mass is 424 g/mol. The summed E-state index contributed by atoms with van der Waals surface area (Å²) in [4.78, 5) is 31.8. The van der Waals surface area contributed by atoms with Gasteiger partial charge in [0.05, 0.1) is 29.0 Å². The van der Waals surface area contributed by atoms with Crippen molar-refractivity contribution in [2.45, 2.75) is 19.4 Å². The predicted molar refractivity (Wildman–Crippen MR) is 126 cm³/mol. The first kappa shape index (κ1) is 20.0. The number of hydrogen-bond acceptors (Lipinski definition) is 3. The first-order chi connectivity index (χ1) is 15.6. The van der Waals surface area contributed by atoms with Crippen molar-refractivity contribution in [2.75, 3.05) is 13.1 Å². The van der Waals surface area contributed by atoms with E-state index in [2.05, 4.69) is 36.7 Å². The third kappa shape index (κ3) is 3.24. The molecule has 0 bridgehead atoms. The third-order valence-corrected chi connectivity index (χ3v) is 6.25. The molecule has 1 saturated heterocycles. The highest BCUT2D eigenvalue weighted by Gasteiger charge is 2.30. The predicted octanol–water partition coefficient (Wildman–Crippen LogP) is 4.12. The van der Waals surface area contributed by atoms with Crippen molar-refractivity contribution in [3.63, 3.8) is 0 Å². The molecule has 0 radical (unpaired) electrons. The van der Waals surface area contributed by atoms with Gasteiger partial charge in [0, 0.05) is 19.3 Å². The van der Waals surface area contributed by atoms with Crippen LogP contribution in [0.2, 0.25) is 0 Å². The van der Waals surface area contributed by atoms with E-state index in [1.54, 1.807) is 21.9 Å². The largest absolute Gasteiger partial charge is 0.337 e. The van der Waals surface area contributed by atoms with Crippen LogP contribution in [0.4, 0.5) is 0 Å². The third-order valence-electron chi connectivity index (χ3n) is 6.25. The summed E-state index contributed by atoms with van der Waals surface area (Å²) in [7, 11) is 0. The van der Waals surface area contributed by atoms with Gasteiger partial charge >= 0.3 is 5.69 Å². The SMILES string of the molecule is C=CC(=O)N1CC[C@@H](n2c(=O)n(-c3cccc(-c4ccccc4C)c3)c3cnccc32)C1. The Morgan fingerprint density at radius 3 is 2.78 bits per heavy atom. The van der Waals surface area contributed by atoms with E-state index in [-0.39, 0.29) is 17.6 Å². The zero-order valence-corrected chi connectivity index (χ0v) is 17.9. The van der Waals surface area contributed by atoms with Gasteiger partial charge < -0.3 is 4.90 Å². The summed E-state index contributed by atoms with van der Waals surface area (Å²) in [5, 5.41) is 0. The van der Waals surface area contributed by atoms with Crippen molar-refractivity contribution in [1.82, 2.24) is 19.0 Å². The zero-order valence-electron chi connectivity index (χ0n) is 17.9. The molecule has 4 aromatic rings. The Kier molecular flexibility index (Phi) is 4.98. The molecule has 2 aromatic heterocycles. The number of hydrogen-bond donors (Lipinski definition) is 0. The summed E-state index contributed by atoms with van der Waals surface area (Å²) in [5.41, 5.74) is 5.63. The molecule has 1 aliphatic rings. The van der Waals surface area contributed by atoms with Crippen molar-refractivity contribution in [1.29, 1.82) is 0 Å². The fraction of sp³-hybridized carbons (Fsp3) is 0.192. The van der Waals surface area contributed by atoms with E-state index in [1.807, 2.05) is 41.0 Å². The number of aromatic nitrogens is 3. The first-order valence-corrected chi connectivity index (χ1v) is 10.7. The van der Waals surface area contributed by atoms with Crippen LogP contribution < -0.4 is 5.69 Å². The van der Waals surface area contributed by atoms with Crippen molar-refractivity contribution in [2.24, 2.45) is 0 Å². The van der Waals surface area contributed by atoms with Gasteiger partial charge in [0.2, 0.25) is 5.91 Å². The fourth-order valence-electron chi connectivity index (χ4n) is 4.66. The van der Waals surface area contributed by atoms with Gasteiger partial charge in [0.1, 0.15) is 0 Å². The van der Waals surface area contributed by atoms with Gasteiger partial charge in [-0.25, -0.2) is 4.79 Å². The second kappa shape index (κ2) is 7.96. The number of pyridine rings is 1. The van der Waals surface area contributed by atoms with Crippen molar-refractivity contribution >= 4 is 16.9 Å². The molecule has 0 saturated carbocycles. The molecule has 0 spiro atoms. The fourth-order valence-corrected chi connectivity index (χ4v) is 4.66.